The third kappa shape index (κ3) is 3.03. The molecule has 3 N–H and O–H groups in total. The Morgan fingerprint density at radius 2 is 2.00 bits per heavy atom. The second-order valence-electron chi connectivity index (χ2n) is 4.40. The lowest BCUT2D eigenvalue weighted by Crippen LogP contribution is -2.13. The van der Waals surface area contributed by atoms with Crippen molar-refractivity contribution in [2.75, 3.05) is 18.2 Å². The van der Waals surface area contributed by atoms with Crippen molar-refractivity contribution in [1.29, 1.82) is 0 Å². The number of ether oxygens (including phenoxy) is 1. The van der Waals surface area contributed by atoms with Gasteiger partial charge in [-0.1, -0.05) is 23.2 Å². The molecule has 20 heavy (non-hydrogen) atoms. The van der Waals surface area contributed by atoms with Crippen LogP contribution in [0.15, 0.2) is 36.4 Å². The lowest BCUT2D eigenvalue weighted by Gasteiger charge is -2.11. The van der Waals surface area contributed by atoms with Gasteiger partial charge in [0, 0.05) is 5.69 Å². The fraction of sp³-hybridized carbons (Fsp3) is 0.133. The van der Waals surface area contributed by atoms with E-state index in [1.54, 1.807) is 30.3 Å². The number of carbonyl (C=O) groups excluding carboxylic acids is 1. The normalized spacial score (nSPS) is 10.2. The SMILES string of the molecule is COc1ccc(C)cc1C(=O)Nc1ccc(N)cc1Cl. The maximum absolute atomic E-state index is 12.3. The number of rotatable bonds is 3. The van der Waals surface area contributed by atoms with Crippen LogP contribution in [-0.2, 0) is 0 Å². The average molecular weight is 291 g/mol. The van der Waals surface area contributed by atoms with Crippen molar-refractivity contribution in [3.63, 3.8) is 0 Å². The molecule has 5 heteroatoms. The van der Waals surface area contributed by atoms with Crippen LogP contribution in [0.2, 0.25) is 5.02 Å². The predicted molar refractivity (Wildman–Crippen MR) is 81.5 cm³/mol. The van der Waals surface area contributed by atoms with E-state index in [4.69, 9.17) is 22.1 Å². The maximum Gasteiger partial charge on any atom is 0.259 e. The Balaban J connectivity index is 2.30. The van der Waals surface area contributed by atoms with Gasteiger partial charge in [0.15, 0.2) is 0 Å². The number of methoxy groups -OCH3 is 1. The number of hydrogen-bond donors (Lipinski definition) is 2. The molecule has 0 saturated carbocycles. The molecule has 4 nitrogen and oxygen atoms in total. The largest absolute Gasteiger partial charge is 0.496 e. The summed E-state index contributed by atoms with van der Waals surface area (Å²) in [6.07, 6.45) is 0. The van der Waals surface area contributed by atoms with E-state index in [9.17, 15) is 4.79 Å². The molecule has 2 rings (SSSR count). The lowest BCUT2D eigenvalue weighted by atomic mass is 10.1. The third-order valence-electron chi connectivity index (χ3n) is 2.84. The molecule has 2 aromatic carbocycles. The van der Waals surface area contributed by atoms with E-state index in [1.807, 2.05) is 13.0 Å². The van der Waals surface area contributed by atoms with Gasteiger partial charge >= 0.3 is 0 Å². The molecule has 0 unspecified atom stereocenters. The summed E-state index contributed by atoms with van der Waals surface area (Å²) in [4.78, 5) is 12.3. The van der Waals surface area contributed by atoms with Gasteiger partial charge in [-0.2, -0.15) is 0 Å². The predicted octanol–water partition coefficient (Wildman–Crippen LogP) is 3.49. The van der Waals surface area contributed by atoms with E-state index in [-0.39, 0.29) is 5.91 Å². The number of carbonyl (C=O) groups is 1. The van der Waals surface area contributed by atoms with Gasteiger partial charge in [-0.15, -0.1) is 0 Å². The maximum atomic E-state index is 12.3. The van der Waals surface area contributed by atoms with E-state index in [0.29, 0.717) is 27.7 Å². The number of aryl methyl sites for hydroxylation is 1. The molecule has 0 radical (unpaired) electrons. The van der Waals surface area contributed by atoms with E-state index in [0.717, 1.165) is 5.56 Å². The van der Waals surface area contributed by atoms with Gasteiger partial charge in [0.1, 0.15) is 5.75 Å². The number of halogens is 1. The molecular weight excluding hydrogens is 276 g/mol. The van der Waals surface area contributed by atoms with Gasteiger partial charge < -0.3 is 15.8 Å². The molecule has 0 saturated heterocycles. The first-order chi connectivity index (χ1) is 9.51. The van der Waals surface area contributed by atoms with Gasteiger partial charge in [-0.3, -0.25) is 4.79 Å². The van der Waals surface area contributed by atoms with Gasteiger partial charge in [0.25, 0.3) is 5.91 Å². The molecule has 0 spiro atoms. The van der Waals surface area contributed by atoms with Crippen LogP contribution in [0.25, 0.3) is 0 Å². The molecule has 0 aliphatic rings. The summed E-state index contributed by atoms with van der Waals surface area (Å²) in [6.45, 7) is 1.91. The zero-order chi connectivity index (χ0) is 14.7. The van der Waals surface area contributed by atoms with Crippen molar-refractivity contribution in [2.24, 2.45) is 0 Å². The number of nitrogen functional groups attached to an aromatic ring is 1. The van der Waals surface area contributed by atoms with Crippen LogP contribution in [0.1, 0.15) is 15.9 Å². The number of anilines is 2. The minimum Gasteiger partial charge on any atom is -0.496 e. The molecule has 1 amide bonds. The fourth-order valence-corrected chi connectivity index (χ4v) is 2.06. The van der Waals surface area contributed by atoms with E-state index in [2.05, 4.69) is 5.32 Å². The zero-order valence-electron chi connectivity index (χ0n) is 11.2. The highest BCUT2D eigenvalue weighted by atomic mass is 35.5. The Kier molecular flexibility index (Phi) is 4.15. The molecular formula is C15H15ClN2O2. The van der Waals surface area contributed by atoms with Gasteiger partial charge in [0.05, 0.1) is 23.4 Å². The molecule has 0 atom stereocenters. The summed E-state index contributed by atoms with van der Waals surface area (Å²) in [5, 5.41) is 3.14. The minimum absolute atomic E-state index is 0.280. The molecule has 2 aromatic rings. The number of hydrogen-bond acceptors (Lipinski definition) is 3. The summed E-state index contributed by atoms with van der Waals surface area (Å²) in [7, 11) is 1.53. The van der Waals surface area contributed by atoms with Crippen LogP contribution in [-0.4, -0.2) is 13.0 Å². The second-order valence-corrected chi connectivity index (χ2v) is 4.80. The quantitative estimate of drug-likeness (QED) is 0.851. The van der Waals surface area contributed by atoms with Crippen molar-refractivity contribution in [2.45, 2.75) is 6.92 Å². The van der Waals surface area contributed by atoms with Crippen LogP contribution in [0.5, 0.6) is 5.75 Å². The first-order valence-corrected chi connectivity index (χ1v) is 6.40. The Hall–Kier alpha value is -2.20. The molecule has 0 heterocycles. The Bertz CT molecular complexity index is 656. The standard InChI is InChI=1S/C15H15ClN2O2/c1-9-3-6-14(20-2)11(7-9)15(19)18-13-5-4-10(17)8-12(13)16/h3-8H,17H2,1-2H3,(H,18,19). The summed E-state index contributed by atoms with van der Waals surface area (Å²) in [5.74, 6) is 0.233. The molecule has 0 aliphatic heterocycles. The monoisotopic (exact) mass is 290 g/mol. The molecule has 0 aliphatic carbocycles. The van der Waals surface area contributed by atoms with Crippen LogP contribution < -0.4 is 15.8 Å². The summed E-state index contributed by atoms with van der Waals surface area (Å²) >= 11 is 6.04. The summed E-state index contributed by atoms with van der Waals surface area (Å²) in [6, 6.07) is 10.3. The van der Waals surface area contributed by atoms with Crippen molar-refractivity contribution in [3.8, 4) is 5.75 Å². The highest BCUT2D eigenvalue weighted by Gasteiger charge is 2.14. The molecule has 0 fully saturated rings. The first kappa shape index (κ1) is 14.2. The Morgan fingerprint density at radius 3 is 2.65 bits per heavy atom. The number of nitrogens with one attached hydrogen (secondary N) is 1. The van der Waals surface area contributed by atoms with Gasteiger partial charge in [0.2, 0.25) is 0 Å². The highest BCUT2D eigenvalue weighted by molar-refractivity contribution is 6.34. The van der Waals surface area contributed by atoms with E-state index < -0.39 is 0 Å². The molecule has 0 bridgehead atoms. The number of amides is 1. The highest BCUT2D eigenvalue weighted by Crippen LogP contribution is 2.26. The van der Waals surface area contributed by atoms with Crippen molar-refractivity contribution < 1.29 is 9.53 Å². The van der Waals surface area contributed by atoms with Crippen LogP contribution in [0, 0.1) is 6.92 Å². The summed E-state index contributed by atoms with van der Waals surface area (Å²) < 4.78 is 5.19. The van der Waals surface area contributed by atoms with E-state index >= 15 is 0 Å². The van der Waals surface area contributed by atoms with Gasteiger partial charge in [-0.25, -0.2) is 0 Å². The van der Waals surface area contributed by atoms with Crippen molar-refractivity contribution >= 4 is 28.9 Å². The zero-order valence-corrected chi connectivity index (χ0v) is 12.0. The smallest absolute Gasteiger partial charge is 0.259 e. The van der Waals surface area contributed by atoms with Crippen LogP contribution in [0.3, 0.4) is 0 Å². The number of benzene rings is 2. The van der Waals surface area contributed by atoms with Crippen LogP contribution >= 0.6 is 11.6 Å². The molecule has 0 aromatic heterocycles. The fourth-order valence-electron chi connectivity index (χ4n) is 1.82. The molecule has 104 valence electrons. The van der Waals surface area contributed by atoms with Crippen molar-refractivity contribution in [3.05, 3.63) is 52.5 Å². The van der Waals surface area contributed by atoms with Gasteiger partial charge in [-0.05, 0) is 37.3 Å². The lowest BCUT2D eigenvalue weighted by molar-refractivity contribution is 0.102. The average Bonchev–Trinajstić information content (AvgIpc) is 2.41. The summed E-state index contributed by atoms with van der Waals surface area (Å²) in [5.41, 5.74) is 8.10. The topological polar surface area (TPSA) is 64.3 Å². The van der Waals surface area contributed by atoms with E-state index in [1.165, 1.54) is 7.11 Å². The van der Waals surface area contributed by atoms with Crippen molar-refractivity contribution in [1.82, 2.24) is 0 Å². The Labute approximate surface area is 122 Å². The second kappa shape index (κ2) is 5.84. The minimum atomic E-state index is -0.280. The number of nitrogens with two attached hydrogens (primary N) is 1. The Morgan fingerprint density at radius 1 is 1.25 bits per heavy atom. The van der Waals surface area contributed by atoms with Crippen LogP contribution in [0.4, 0.5) is 11.4 Å². The first-order valence-electron chi connectivity index (χ1n) is 6.02. The third-order valence-corrected chi connectivity index (χ3v) is 3.15.